The predicted molar refractivity (Wildman–Crippen MR) is 199 cm³/mol. The number of nitrogens with zero attached hydrogens (tertiary/aromatic N) is 2. The van der Waals surface area contributed by atoms with Crippen LogP contribution >= 0.6 is 0 Å². The summed E-state index contributed by atoms with van der Waals surface area (Å²) in [6, 6.07) is 2.25. The number of halogens is 1. The molecule has 5 aliphatic rings. The first-order valence-electron chi connectivity index (χ1n) is 19.3. The SMILES string of the molecule is CC[C@@H]1C[C@H](C)CCC=C[C@@H]2C[C@@]2(C(=O)NS(=O)(=O)C2(C)CC2)NC(=O)[C@@H]2C[C@@H](OC(=O)N3Cc4cccc(F)c4C3)CN2C(=O)[C@H]1NC(=O)OC(C)(C)C. The summed E-state index contributed by atoms with van der Waals surface area (Å²) < 4.78 is 53.4. The molecule has 0 bridgehead atoms. The summed E-state index contributed by atoms with van der Waals surface area (Å²) in [7, 11) is -4.03. The molecule has 1 aromatic rings. The molecule has 6 rings (SSSR count). The third-order valence-corrected chi connectivity index (χ3v) is 13.9. The number of nitrogens with one attached hydrogen (secondary N) is 3. The molecule has 5 amide bonds. The van der Waals surface area contributed by atoms with E-state index in [0.29, 0.717) is 43.2 Å². The molecule has 16 heteroatoms. The van der Waals surface area contributed by atoms with Crippen LogP contribution in [0.2, 0.25) is 0 Å². The van der Waals surface area contributed by atoms with Crippen LogP contribution in [0, 0.1) is 23.6 Å². The molecular weight excluding hydrogens is 734 g/mol. The number of hydrogen-bond acceptors (Lipinski definition) is 9. The maximum absolute atomic E-state index is 14.8. The second-order valence-electron chi connectivity index (χ2n) is 17.3. The van der Waals surface area contributed by atoms with Gasteiger partial charge in [-0.25, -0.2) is 22.4 Å². The minimum Gasteiger partial charge on any atom is -0.444 e. The van der Waals surface area contributed by atoms with Crippen molar-refractivity contribution in [2.75, 3.05) is 6.54 Å². The van der Waals surface area contributed by atoms with Gasteiger partial charge in [0, 0.05) is 24.4 Å². The molecule has 0 unspecified atom stereocenters. The van der Waals surface area contributed by atoms with E-state index in [4.69, 9.17) is 9.47 Å². The number of alkyl carbamates (subject to hydrolysis) is 1. The molecule has 55 heavy (non-hydrogen) atoms. The monoisotopic (exact) mass is 787 g/mol. The summed E-state index contributed by atoms with van der Waals surface area (Å²) >= 11 is 0. The molecule has 2 saturated carbocycles. The maximum Gasteiger partial charge on any atom is 0.410 e. The number of allylic oxidation sites excluding steroid dienone is 1. The van der Waals surface area contributed by atoms with Gasteiger partial charge in [-0.2, -0.15) is 0 Å². The van der Waals surface area contributed by atoms with E-state index in [1.165, 1.54) is 15.9 Å². The first kappa shape index (κ1) is 40.5. The first-order valence-corrected chi connectivity index (χ1v) is 20.8. The van der Waals surface area contributed by atoms with Crippen LogP contribution in [-0.4, -0.2) is 88.7 Å². The minimum atomic E-state index is -4.03. The van der Waals surface area contributed by atoms with Crippen LogP contribution in [0.3, 0.4) is 0 Å². The van der Waals surface area contributed by atoms with E-state index in [1.807, 2.05) is 19.1 Å². The van der Waals surface area contributed by atoms with E-state index in [0.717, 1.165) is 6.42 Å². The van der Waals surface area contributed by atoms with E-state index >= 15 is 0 Å². The Morgan fingerprint density at radius 1 is 1.11 bits per heavy atom. The Bertz CT molecular complexity index is 1860. The maximum atomic E-state index is 14.8. The van der Waals surface area contributed by atoms with E-state index in [2.05, 4.69) is 22.3 Å². The lowest BCUT2D eigenvalue weighted by atomic mass is 9.85. The van der Waals surface area contributed by atoms with Crippen molar-refractivity contribution in [1.29, 1.82) is 0 Å². The van der Waals surface area contributed by atoms with Crippen LogP contribution in [0.1, 0.15) is 104 Å². The second kappa shape index (κ2) is 15.0. The molecule has 3 N–H and O–H groups in total. The fourth-order valence-corrected chi connectivity index (χ4v) is 9.29. The largest absolute Gasteiger partial charge is 0.444 e. The number of amides is 5. The van der Waals surface area contributed by atoms with E-state index in [-0.39, 0.29) is 44.3 Å². The average Bonchev–Trinajstić information content (AvgIpc) is 3.89. The van der Waals surface area contributed by atoms with Gasteiger partial charge < -0.3 is 25.0 Å². The summed E-state index contributed by atoms with van der Waals surface area (Å²) in [5.74, 6) is -3.33. The van der Waals surface area contributed by atoms with Gasteiger partial charge in [-0.1, -0.05) is 44.6 Å². The van der Waals surface area contributed by atoms with Crippen LogP contribution in [0.15, 0.2) is 30.4 Å². The standard InChI is InChI=1S/C39H54FN5O9S/c1-7-24-17-23(2)11-8-9-13-26-19-39(26,34(48)43-55(51,52)38(6)15-16-38)42-32(46)30-18-27(21-45(30)33(47)31(24)41-35(49)54-37(3,4)5)53-36(50)44-20-25-12-10-14-29(40)28(25)22-44/h9-10,12-14,23-24,26-27,30-31H,7-8,11,15-22H2,1-6H3,(H,41,49)(H,42,46)(H,43,48)/t23-,24-,26-,27-,30+,31+,39-/m1/s1. The molecule has 0 aromatic heterocycles. The predicted octanol–water partition coefficient (Wildman–Crippen LogP) is 4.42. The Kier molecular flexibility index (Phi) is 11.1. The molecular formula is C39H54FN5O9S. The molecule has 0 radical (unpaired) electrons. The summed E-state index contributed by atoms with van der Waals surface area (Å²) in [4.78, 5) is 72.4. The first-order chi connectivity index (χ1) is 25.8. The summed E-state index contributed by atoms with van der Waals surface area (Å²) in [6.45, 7) is 10.6. The Morgan fingerprint density at radius 2 is 1.84 bits per heavy atom. The van der Waals surface area contributed by atoms with Gasteiger partial charge in [-0.05, 0) is 89.7 Å². The zero-order valence-corrected chi connectivity index (χ0v) is 33.3. The fourth-order valence-electron chi connectivity index (χ4n) is 7.98. The van der Waals surface area contributed by atoms with Gasteiger partial charge in [-0.3, -0.25) is 24.0 Å². The number of carbonyl (C=O) groups excluding carboxylic acids is 5. The van der Waals surface area contributed by atoms with Crippen molar-refractivity contribution in [3.8, 4) is 0 Å². The molecule has 302 valence electrons. The van der Waals surface area contributed by atoms with Crippen molar-refractivity contribution >= 4 is 39.9 Å². The normalized spacial score (nSPS) is 30.5. The van der Waals surface area contributed by atoms with Gasteiger partial charge in [0.15, 0.2) is 0 Å². The Balaban J connectivity index is 1.31. The lowest BCUT2D eigenvalue weighted by Crippen LogP contribution is -2.59. The molecule has 1 aromatic carbocycles. The molecule has 2 aliphatic carbocycles. The second-order valence-corrected chi connectivity index (χ2v) is 19.5. The highest BCUT2D eigenvalue weighted by Gasteiger charge is 2.63. The van der Waals surface area contributed by atoms with Gasteiger partial charge in [0.2, 0.25) is 21.8 Å². The Labute approximate surface area is 322 Å². The Hall–Kier alpha value is -4.21. The molecule has 3 aliphatic heterocycles. The number of sulfonamides is 1. The van der Waals surface area contributed by atoms with Crippen LogP contribution in [-0.2, 0) is 47.0 Å². The van der Waals surface area contributed by atoms with Crippen molar-refractivity contribution in [3.05, 3.63) is 47.3 Å². The molecule has 3 fully saturated rings. The van der Waals surface area contributed by atoms with Crippen molar-refractivity contribution in [3.63, 3.8) is 0 Å². The molecule has 7 atom stereocenters. The number of carbonyl (C=O) groups is 5. The summed E-state index contributed by atoms with van der Waals surface area (Å²) in [5, 5.41) is 5.62. The van der Waals surface area contributed by atoms with Gasteiger partial charge in [0.05, 0.1) is 17.8 Å². The van der Waals surface area contributed by atoms with Crippen LogP contribution in [0.4, 0.5) is 14.0 Å². The van der Waals surface area contributed by atoms with Crippen molar-refractivity contribution < 1.29 is 46.3 Å². The average molecular weight is 788 g/mol. The third kappa shape index (κ3) is 8.63. The number of ether oxygens (including phenoxy) is 2. The van der Waals surface area contributed by atoms with Gasteiger partial charge in [0.25, 0.3) is 5.91 Å². The molecule has 1 saturated heterocycles. The van der Waals surface area contributed by atoms with Gasteiger partial charge >= 0.3 is 12.2 Å². The lowest BCUT2D eigenvalue weighted by Gasteiger charge is -2.34. The van der Waals surface area contributed by atoms with Crippen molar-refractivity contribution in [1.82, 2.24) is 25.2 Å². The van der Waals surface area contributed by atoms with E-state index in [9.17, 15) is 36.8 Å². The molecule has 14 nitrogen and oxygen atoms in total. The number of rotatable bonds is 6. The third-order valence-electron chi connectivity index (χ3n) is 11.7. The summed E-state index contributed by atoms with van der Waals surface area (Å²) in [6.07, 6.45) is 4.53. The Morgan fingerprint density at radius 3 is 2.49 bits per heavy atom. The van der Waals surface area contributed by atoms with Crippen LogP contribution in [0.5, 0.6) is 0 Å². The fraction of sp³-hybridized carbons (Fsp3) is 0.667. The topological polar surface area (TPSA) is 181 Å². The zero-order valence-electron chi connectivity index (χ0n) is 32.5. The minimum absolute atomic E-state index is 0.00709. The number of fused-ring (bicyclic) bond motifs is 3. The number of benzene rings is 1. The quantitative estimate of drug-likeness (QED) is 0.352. The molecule has 3 heterocycles. The van der Waals surface area contributed by atoms with Crippen LogP contribution < -0.4 is 15.4 Å². The highest BCUT2D eigenvalue weighted by molar-refractivity contribution is 7.91. The van der Waals surface area contributed by atoms with Crippen molar-refractivity contribution in [2.24, 2.45) is 17.8 Å². The van der Waals surface area contributed by atoms with E-state index < -0.39 is 85.7 Å². The highest BCUT2D eigenvalue weighted by atomic mass is 32.2. The smallest absolute Gasteiger partial charge is 0.410 e. The lowest BCUT2D eigenvalue weighted by molar-refractivity contribution is -0.142. The van der Waals surface area contributed by atoms with Crippen LogP contribution in [0.25, 0.3) is 0 Å². The van der Waals surface area contributed by atoms with Gasteiger partial charge in [-0.15, -0.1) is 0 Å². The number of hydrogen-bond donors (Lipinski definition) is 3. The zero-order chi connectivity index (χ0) is 40.1. The highest BCUT2D eigenvalue weighted by Crippen LogP contribution is 2.47. The summed E-state index contributed by atoms with van der Waals surface area (Å²) in [5.41, 5.74) is -1.41. The van der Waals surface area contributed by atoms with Gasteiger partial charge in [0.1, 0.15) is 35.1 Å². The molecule has 0 spiro atoms. The van der Waals surface area contributed by atoms with Crippen molar-refractivity contribution in [2.45, 2.75) is 140 Å². The van der Waals surface area contributed by atoms with E-state index in [1.54, 1.807) is 39.8 Å².